The first-order chi connectivity index (χ1) is 22.6. The first kappa shape index (κ1) is 35.0. The number of rotatable bonds is 12. The van der Waals surface area contributed by atoms with Crippen LogP contribution >= 0.6 is 0 Å². The number of sulfonamides is 1. The van der Waals surface area contributed by atoms with E-state index >= 15 is 0 Å². The van der Waals surface area contributed by atoms with E-state index in [9.17, 15) is 34.1 Å². The Hall–Kier alpha value is -3.36. The monoisotopic (exact) mass is 669 g/mol. The number of nitrogens with zero attached hydrogens (tertiary/aromatic N) is 3. The number of ether oxygens (including phenoxy) is 2. The average molecular weight is 670 g/mol. The minimum Gasteiger partial charge on any atom is -0.396 e. The molecular formula is C33H43N5O8S. The highest BCUT2D eigenvalue weighted by Gasteiger charge is 2.46. The standard InChI is InChI=1S/C33H43N5O8S/c1-21(30(19-34)47(43,44)36-31-28(9-14-39)46-29(20-40)32(41)33(31)42)26-7-8-27(37(26)2)24-4-3-23-18-25(6-5-22(23)17-24)35-10-11-38-12-15-45-16-13-38/h3-8,17-18,28-29,31-33,35-36,39-42H,9-16,20H2,1-2H3/b30-21+/t28?,29-,31?,32-,33-/m1/s1. The Morgan fingerprint density at radius 3 is 2.45 bits per heavy atom. The van der Waals surface area contributed by atoms with Gasteiger partial charge in [-0.15, -0.1) is 0 Å². The van der Waals surface area contributed by atoms with Gasteiger partial charge in [0.05, 0.1) is 32.0 Å². The maximum absolute atomic E-state index is 13.5. The van der Waals surface area contributed by atoms with Crippen LogP contribution in [-0.4, -0.2) is 121 Å². The topological polar surface area (TPSA) is 190 Å². The van der Waals surface area contributed by atoms with Crippen LogP contribution in [0.25, 0.3) is 27.6 Å². The number of fused-ring (bicyclic) bond motifs is 1. The fourth-order valence-electron chi connectivity index (χ4n) is 6.29. The lowest BCUT2D eigenvalue weighted by Gasteiger charge is -2.42. The van der Waals surface area contributed by atoms with Crippen molar-refractivity contribution in [3.63, 3.8) is 0 Å². The van der Waals surface area contributed by atoms with E-state index in [1.54, 1.807) is 19.2 Å². The Bertz CT molecular complexity index is 1730. The molecule has 14 heteroatoms. The molecule has 2 aliphatic rings. The second-order valence-corrected chi connectivity index (χ2v) is 13.6. The summed E-state index contributed by atoms with van der Waals surface area (Å²) < 4.78 is 42.2. The number of aromatic nitrogens is 1. The van der Waals surface area contributed by atoms with E-state index in [1.807, 2.05) is 28.8 Å². The number of hydrogen-bond donors (Lipinski definition) is 6. The molecule has 13 nitrogen and oxygen atoms in total. The summed E-state index contributed by atoms with van der Waals surface area (Å²) in [5.74, 6) is 0. The lowest BCUT2D eigenvalue weighted by molar-refractivity contribution is -0.194. The Balaban J connectivity index is 1.34. The summed E-state index contributed by atoms with van der Waals surface area (Å²) in [6.07, 6.45) is -5.52. The molecule has 254 valence electrons. The number of allylic oxidation sites excluding steroid dienone is 2. The fraction of sp³-hybridized carbons (Fsp3) is 0.485. The number of anilines is 1. The van der Waals surface area contributed by atoms with E-state index in [2.05, 4.69) is 33.1 Å². The number of morpholine rings is 1. The number of hydrogen-bond acceptors (Lipinski definition) is 11. The van der Waals surface area contributed by atoms with Crippen LogP contribution in [0, 0.1) is 11.3 Å². The minimum atomic E-state index is -4.52. The Labute approximate surface area is 274 Å². The van der Waals surface area contributed by atoms with Gasteiger partial charge in [0.25, 0.3) is 10.0 Å². The molecule has 0 radical (unpaired) electrons. The second-order valence-electron chi connectivity index (χ2n) is 11.9. The van der Waals surface area contributed by atoms with Crippen molar-refractivity contribution in [3.8, 4) is 17.3 Å². The smallest absolute Gasteiger partial charge is 0.251 e. The predicted molar refractivity (Wildman–Crippen MR) is 178 cm³/mol. The summed E-state index contributed by atoms with van der Waals surface area (Å²) in [4.78, 5) is 1.82. The van der Waals surface area contributed by atoms with E-state index in [0.29, 0.717) is 5.69 Å². The van der Waals surface area contributed by atoms with Crippen molar-refractivity contribution in [1.29, 1.82) is 5.26 Å². The molecule has 2 aromatic carbocycles. The Morgan fingerprint density at radius 2 is 1.74 bits per heavy atom. The number of nitriles is 1. The molecule has 0 saturated carbocycles. The van der Waals surface area contributed by atoms with E-state index in [-0.39, 0.29) is 12.0 Å². The van der Waals surface area contributed by atoms with Crippen molar-refractivity contribution in [2.24, 2.45) is 7.05 Å². The van der Waals surface area contributed by atoms with Crippen LogP contribution in [0.5, 0.6) is 0 Å². The van der Waals surface area contributed by atoms with E-state index in [1.165, 1.54) is 6.92 Å². The molecule has 2 fully saturated rings. The molecule has 5 atom stereocenters. The van der Waals surface area contributed by atoms with E-state index in [0.717, 1.165) is 67.1 Å². The third-order valence-electron chi connectivity index (χ3n) is 8.95. The summed E-state index contributed by atoms with van der Waals surface area (Å²) in [6.45, 7) is 5.77. The normalized spacial score (nSPS) is 24.6. The van der Waals surface area contributed by atoms with Crippen LogP contribution in [0.2, 0.25) is 0 Å². The number of nitrogens with one attached hydrogen (secondary N) is 2. The van der Waals surface area contributed by atoms with Gasteiger partial charge in [-0.1, -0.05) is 18.2 Å². The van der Waals surface area contributed by atoms with Gasteiger partial charge >= 0.3 is 0 Å². The number of benzene rings is 2. The van der Waals surface area contributed by atoms with E-state index in [4.69, 9.17) is 9.47 Å². The molecule has 0 bridgehead atoms. The summed E-state index contributed by atoms with van der Waals surface area (Å²) in [5, 5.41) is 55.6. The Kier molecular flexibility index (Phi) is 11.3. The minimum absolute atomic E-state index is 0.0717. The summed E-state index contributed by atoms with van der Waals surface area (Å²) in [5.41, 5.74) is 3.44. The van der Waals surface area contributed by atoms with Crippen molar-refractivity contribution in [1.82, 2.24) is 14.2 Å². The fourth-order valence-corrected chi connectivity index (χ4v) is 7.68. The lowest BCUT2D eigenvalue weighted by Crippen LogP contribution is -2.64. The molecule has 0 amide bonds. The molecule has 2 saturated heterocycles. The van der Waals surface area contributed by atoms with Gasteiger partial charge in [0.15, 0.2) is 4.91 Å². The van der Waals surface area contributed by atoms with Crippen LogP contribution < -0.4 is 10.0 Å². The maximum Gasteiger partial charge on any atom is 0.251 e. The molecule has 1 aromatic heterocycles. The number of aliphatic hydroxyl groups excluding tert-OH is 4. The first-order valence-corrected chi connectivity index (χ1v) is 17.2. The van der Waals surface area contributed by atoms with Gasteiger partial charge in [0.1, 0.15) is 24.4 Å². The first-order valence-electron chi connectivity index (χ1n) is 15.7. The molecule has 47 heavy (non-hydrogen) atoms. The molecular weight excluding hydrogens is 626 g/mol. The van der Waals surface area contributed by atoms with Gasteiger partial charge in [-0.3, -0.25) is 4.90 Å². The zero-order valence-electron chi connectivity index (χ0n) is 26.5. The zero-order valence-corrected chi connectivity index (χ0v) is 27.4. The highest BCUT2D eigenvalue weighted by molar-refractivity contribution is 7.93. The quantitative estimate of drug-likeness (QED) is 0.151. The van der Waals surface area contributed by atoms with Gasteiger partial charge in [-0.2, -0.15) is 5.26 Å². The van der Waals surface area contributed by atoms with Gasteiger partial charge in [-0.05, 0) is 60.0 Å². The SMILES string of the molecule is C/C(=C(/C#N)S(=O)(=O)NC1C(CCO)O[C@H](CO)[C@@H](O)[C@@H]1O)c1ccc(-c2ccc3cc(NCCN4CCOCC4)ccc3c2)n1C. The van der Waals surface area contributed by atoms with Crippen molar-refractivity contribution in [3.05, 3.63) is 59.1 Å². The molecule has 0 aliphatic carbocycles. The summed E-state index contributed by atoms with van der Waals surface area (Å²) >= 11 is 0. The highest BCUT2D eigenvalue weighted by Crippen LogP contribution is 2.32. The van der Waals surface area contributed by atoms with Gasteiger partial charge < -0.3 is 39.8 Å². The van der Waals surface area contributed by atoms with Gasteiger partial charge in [0.2, 0.25) is 0 Å². The van der Waals surface area contributed by atoms with Crippen LogP contribution in [0.4, 0.5) is 5.69 Å². The van der Waals surface area contributed by atoms with Crippen LogP contribution in [0.3, 0.4) is 0 Å². The lowest BCUT2D eigenvalue weighted by atomic mass is 9.92. The highest BCUT2D eigenvalue weighted by atomic mass is 32.2. The molecule has 3 aromatic rings. The predicted octanol–water partition coefficient (Wildman–Crippen LogP) is 0.996. The number of aliphatic hydroxyl groups is 4. The van der Waals surface area contributed by atoms with Crippen LogP contribution in [-0.2, 0) is 26.5 Å². The third kappa shape index (κ3) is 7.70. The largest absolute Gasteiger partial charge is 0.396 e. The third-order valence-corrected chi connectivity index (χ3v) is 10.5. The van der Waals surface area contributed by atoms with Crippen molar-refractivity contribution >= 4 is 32.1 Å². The summed E-state index contributed by atoms with van der Waals surface area (Å²) in [6, 6.07) is 16.3. The molecule has 2 aliphatic heterocycles. The second kappa shape index (κ2) is 15.2. The summed E-state index contributed by atoms with van der Waals surface area (Å²) in [7, 11) is -2.74. The van der Waals surface area contributed by atoms with Crippen molar-refractivity contribution in [2.75, 3.05) is 57.9 Å². The zero-order chi connectivity index (χ0) is 33.7. The van der Waals surface area contributed by atoms with Gasteiger partial charge in [-0.25, -0.2) is 13.1 Å². The molecule has 0 spiro atoms. The Morgan fingerprint density at radius 1 is 1.02 bits per heavy atom. The van der Waals surface area contributed by atoms with Crippen molar-refractivity contribution in [2.45, 2.75) is 43.8 Å². The van der Waals surface area contributed by atoms with E-state index < -0.39 is 58.6 Å². The van der Waals surface area contributed by atoms with Crippen molar-refractivity contribution < 1.29 is 38.3 Å². The van der Waals surface area contributed by atoms with Crippen LogP contribution in [0.1, 0.15) is 19.0 Å². The van der Waals surface area contributed by atoms with Gasteiger partial charge in [0, 0.05) is 62.5 Å². The molecule has 5 rings (SSSR count). The van der Waals surface area contributed by atoms with Crippen LogP contribution in [0.15, 0.2) is 53.4 Å². The molecule has 6 N–H and O–H groups in total. The molecule has 3 heterocycles. The maximum atomic E-state index is 13.5. The molecule has 2 unspecified atom stereocenters. The average Bonchev–Trinajstić information content (AvgIpc) is 3.45.